The van der Waals surface area contributed by atoms with Crippen molar-refractivity contribution in [2.45, 2.75) is 13.0 Å². The van der Waals surface area contributed by atoms with Crippen LogP contribution in [0.15, 0.2) is 78.4 Å². The highest BCUT2D eigenvalue weighted by Crippen LogP contribution is 2.42. The lowest BCUT2D eigenvalue weighted by Crippen LogP contribution is -2.29. The van der Waals surface area contributed by atoms with Crippen LogP contribution >= 0.6 is 11.6 Å². The number of carbonyl (C=O) groups excluding carboxylic acids is 2. The molecule has 1 unspecified atom stereocenters. The van der Waals surface area contributed by atoms with Crippen LogP contribution in [0.4, 0.5) is 5.69 Å². The number of benzene rings is 3. The van der Waals surface area contributed by atoms with E-state index in [0.717, 1.165) is 5.56 Å². The molecule has 31 heavy (non-hydrogen) atoms. The van der Waals surface area contributed by atoms with Gasteiger partial charge in [-0.2, -0.15) is 0 Å². The van der Waals surface area contributed by atoms with Gasteiger partial charge in [-0.25, -0.2) is 0 Å². The number of carbonyl (C=O) groups is 2. The summed E-state index contributed by atoms with van der Waals surface area (Å²) in [4.78, 5) is 27.6. The van der Waals surface area contributed by atoms with Gasteiger partial charge in [0.05, 0.1) is 18.7 Å². The molecule has 1 saturated heterocycles. The van der Waals surface area contributed by atoms with Gasteiger partial charge in [0.15, 0.2) is 0 Å². The minimum atomic E-state index is -0.799. The third-order valence-electron chi connectivity index (χ3n) is 5.29. The molecule has 156 valence electrons. The summed E-state index contributed by atoms with van der Waals surface area (Å²) in [7, 11) is 1.56. The fraction of sp³-hybridized carbons (Fsp3) is 0.120. The van der Waals surface area contributed by atoms with Crippen LogP contribution in [0.25, 0.3) is 5.76 Å². The number of halogens is 1. The molecule has 0 spiro atoms. The molecule has 1 N–H and O–H groups in total. The van der Waals surface area contributed by atoms with E-state index >= 15 is 0 Å². The number of aliphatic hydroxyl groups is 1. The Kier molecular flexibility index (Phi) is 5.53. The number of rotatable bonds is 4. The van der Waals surface area contributed by atoms with Gasteiger partial charge in [0.2, 0.25) is 0 Å². The standard InChI is InChI=1S/C25H20ClNO4/c1-15-6-10-19(11-7-15)27-22(16-8-12-20(31-2)13-9-16)21(24(29)25(27)30)23(28)17-4-3-5-18(26)14-17/h3-14,22,28H,1-2H3/b23-21-. The van der Waals surface area contributed by atoms with Crippen molar-refractivity contribution >= 4 is 34.7 Å². The fourth-order valence-corrected chi connectivity index (χ4v) is 3.89. The van der Waals surface area contributed by atoms with Crippen molar-refractivity contribution in [3.8, 4) is 5.75 Å². The second kappa shape index (κ2) is 8.28. The van der Waals surface area contributed by atoms with E-state index in [0.29, 0.717) is 27.6 Å². The molecule has 1 amide bonds. The molecule has 0 saturated carbocycles. The molecule has 0 bridgehead atoms. The van der Waals surface area contributed by atoms with Gasteiger partial charge in [0.1, 0.15) is 11.5 Å². The second-order valence-corrected chi connectivity index (χ2v) is 7.72. The summed E-state index contributed by atoms with van der Waals surface area (Å²) in [5, 5.41) is 11.5. The number of hydrogen-bond acceptors (Lipinski definition) is 4. The largest absolute Gasteiger partial charge is 0.507 e. The summed E-state index contributed by atoms with van der Waals surface area (Å²) < 4.78 is 5.23. The first-order valence-electron chi connectivity index (χ1n) is 9.68. The molecule has 0 radical (unpaired) electrons. The number of amides is 1. The zero-order valence-corrected chi connectivity index (χ0v) is 17.8. The molecule has 6 heteroatoms. The number of ether oxygens (including phenoxy) is 1. The number of methoxy groups -OCH3 is 1. The predicted molar refractivity (Wildman–Crippen MR) is 120 cm³/mol. The van der Waals surface area contributed by atoms with Crippen LogP contribution in [-0.2, 0) is 9.59 Å². The lowest BCUT2D eigenvalue weighted by Gasteiger charge is -2.25. The van der Waals surface area contributed by atoms with Crippen LogP contribution in [-0.4, -0.2) is 23.9 Å². The number of aliphatic hydroxyl groups excluding tert-OH is 1. The molecular formula is C25H20ClNO4. The highest BCUT2D eigenvalue weighted by Gasteiger charge is 2.46. The van der Waals surface area contributed by atoms with E-state index in [4.69, 9.17) is 16.3 Å². The summed E-state index contributed by atoms with van der Waals surface area (Å²) in [6.45, 7) is 1.94. The quantitative estimate of drug-likeness (QED) is 0.345. The second-order valence-electron chi connectivity index (χ2n) is 7.29. The van der Waals surface area contributed by atoms with Gasteiger partial charge in [-0.15, -0.1) is 0 Å². The van der Waals surface area contributed by atoms with E-state index in [9.17, 15) is 14.7 Å². The van der Waals surface area contributed by atoms with E-state index in [2.05, 4.69) is 0 Å². The van der Waals surface area contributed by atoms with Gasteiger partial charge in [0, 0.05) is 16.3 Å². The maximum Gasteiger partial charge on any atom is 0.300 e. The molecule has 0 aliphatic carbocycles. The third kappa shape index (κ3) is 3.80. The van der Waals surface area contributed by atoms with Gasteiger partial charge < -0.3 is 9.84 Å². The van der Waals surface area contributed by atoms with Crippen LogP contribution in [0, 0.1) is 6.92 Å². The van der Waals surface area contributed by atoms with E-state index in [-0.39, 0.29) is 11.3 Å². The number of nitrogens with zero attached hydrogens (tertiary/aromatic N) is 1. The van der Waals surface area contributed by atoms with Crippen molar-refractivity contribution in [2.75, 3.05) is 12.0 Å². The number of hydrogen-bond donors (Lipinski definition) is 1. The molecule has 1 aliphatic heterocycles. The summed E-state index contributed by atoms with van der Waals surface area (Å²) >= 11 is 6.08. The molecule has 3 aromatic carbocycles. The average molecular weight is 434 g/mol. The van der Waals surface area contributed by atoms with Gasteiger partial charge in [-0.1, -0.05) is 53.6 Å². The Hall–Kier alpha value is -3.57. The van der Waals surface area contributed by atoms with Gasteiger partial charge >= 0.3 is 0 Å². The topological polar surface area (TPSA) is 66.8 Å². The summed E-state index contributed by atoms with van der Waals surface area (Å²) in [5.74, 6) is -1.07. The first-order valence-corrected chi connectivity index (χ1v) is 10.1. The summed E-state index contributed by atoms with van der Waals surface area (Å²) in [6.07, 6.45) is 0. The predicted octanol–water partition coefficient (Wildman–Crippen LogP) is 5.28. The first-order chi connectivity index (χ1) is 14.9. The van der Waals surface area contributed by atoms with Crippen molar-refractivity contribution in [1.29, 1.82) is 0 Å². The zero-order valence-electron chi connectivity index (χ0n) is 17.0. The van der Waals surface area contributed by atoms with Crippen LogP contribution in [0.5, 0.6) is 5.75 Å². The van der Waals surface area contributed by atoms with Crippen molar-refractivity contribution in [2.24, 2.45) is 0 Å². The molecule has 1 heterocycles. The zero-order chi connectivity index (χ0) is 22.1. The molecule has 3 aromatic rings. The molecule has 0 aromatic heterocycles. The van der Waals surface area contributed by atoms with Gasteiger partial charge in [0.25, 0.3) is 11.7 Å². The molecule has 5 nitrogen and oxygen atoms in total. The van der Waals surface area contributed by atoms with E-state index < -0.39 is 17.7 Å². The van der Waals surface area contributed by atoms with Crippen LogP contribution in [0.2, 0.25) is 5.02 Å². The lowest BCUT2D eigenvalue weighted by molar-refractivity contribution is -0.132. The molecule has 1 aliphatic rings. The van der Waals surface area contributed by atoms with Crippen molar-refractivity contribution in [3.05, 3.63) is 100 Å². The Labute approximate surface area is 185 Å². The molecule has 1 fully saturated rings. The van der Waals surface area contributed by atoms with Crippen molar-refractivity contribution in [1.82, 2.24) is 0 Å². The van der Waals surface area contributed by atoms with Crippen LogP contribution < -0.4 is 9.64 Å². The first kappa shape index (κ1) is 20.7. The van der Waals surface area contributed by atoms with E-state index in [1.54, 1.807) is 67.8 Å². The highest BCUT2D eigenvalue weighted by molar-refractivity contribution is 6.51. The SMILES string of the molecule is COc1ccc(C2/C(=C(/O)c3cccc(Cl)c3)C(=O)C(=O)N2c2ccc(C)cc2)cc1. The number of ketones is 1. The van der Waals surface area contributed by atoms with Crippen LogP contribution in [0.3, 0.4) is 0 Å². The fourth-order valence-electron chi connectivity index (χ4n) is 3.70. The van der Waals surface area contributed by atoms with E-state index in [1.165, 1.54) is 4.90 Å². The molecular weight excluding hydrogens is 414 g/mol. The van der Waals surface area contributed by atoms with Crippen molar-refractivity contribution < 1.29 is 19.4 Å². The Balaban J connectivity index is 1.93. The average Bonchev–Trinajstić information content (AvgIpc) is 3.04. The summed E-state index contributed by atoms with van der Waals surface area (Å²) in [6, 6.07) is 20.1. The molecule has 1 atom stereocenters. The minimum absolute atomic E-state index is 0.0120. The van der Waals surface area contributed by atoms with E-state index in [1.807, 2.05) is 19.1 Å². The Morgan fingerprint density at radius 2 is 1.68 bits per heavy atom. The van der Waals surface area contributed by atoms with Gasteiger partial charge in [-0.05, 0) is 48.9 Å². The maximum atomic E-state index is 13.1. The lowest BCUT2D eigenvalue weighted by atomic mass is 9.95. The monoisotopic (exact) mass is 433 g/mol. The van der Waals surface area contributed by atoms with Crippen molar-refractivity contribution in [3.63, 3.8) is 0 Å². The van der Waals surface area contributed by atoms with Gasteiger partial charge in [-0.3, -0.25) is 14.5 Å². The summed E-state index contributed by atoms with van der Waals surface area (Å²) in [5.41, 5.74) is 2.65. The Bertz CT molecular complexity index is 1180. The Morgan fingerprint density at radius 3 is 2.29 bits per heavy atom. The smallest absolute Gasteiger partial charge is 0.300 e. The molecule has 4 rings (SSSR count). The highest BCUT2D eigenvalue weighted by atomic mass is 35.5. The third-order valence-corrected chi connectivity index (χ3v) is 5.52. The minimum Gasteiger partial charge on any atom is -0.507 e. The number of anilines is 1. The Morgan fingerprint density at radius 1 is 1.00 bits per heavy atom. The number of aryl methyl sites for hydroxylation is 1. The maximum absolute atomic E-state index is 13.1. The van der Waals surface area contributed by atoms with Crippen LogP contribution in [0.1, 0.15) is 22.7 Å². The normalized spacial score (nSPS) is 17.8. The number of Topliss-reactive ketones (excluding diaryl/α,β-unsaturated/α-hetero) is 1.